The highest BCUT2D eigenvalue weighted by atomic mass is 19.1. The van der Waals surface area contributed by atoms with Gasteiger partial charge in [-0.15, -0.1) is 0 Å². The smallest absolute Gasteiger partial charge is 0.230 e. The van der Waals surface area contributed by atoms with Crippen LogP contribution in [0.3, 0.4) is 0 Å². The predicted molar refractivity (Wildman–Crippen MR) is 518 cm³/mol. The quantitative estimate of drug-likeness (QED) is 0.0353. The van der Waals surface area contributed by atoms with E-state index >= 15 is 0 Å². The van der Waals surface area contributed by atoms with Crippen LogP contribution in [0.15, 0.2) is 377 Å². The Kier molecular flexibility index (Phi) is 32.3. The molecule has 0 radical (unpaired) electrons. The van der Waals surface area contributed by atoms with Gasteiger partial charge < -0.3 is 21.3 Å². The number of nitrogens with one attached hydrogen (secondary N) is 4. The highest BCUT2D eigenvalue weighted by Crippen LogP contribution is 2.29. The van der Waals surface area contributed by atoms with Gasteiger partial charge in [-0.05, 0) is 196 Å². The van der Waals surface area contributed by atoms with Crippen molar-refractivity contribution in [1.29, 1.82) is 0 Å². The Balaban J connectivity index is 0.000000141. The van der Waals surface area contributed by atoms with Gasteiger partial charge >= 0.3 is 0 Å². The van der Waals surface area contributed by atoms with Crippen molar-refractivity contribution in [3.63, 3.8) is 0 Å². The molecule has 0 unspecified atom stereocenters. The fourth-order valence-electron chi connectivity index (χ4n) is 13.5. The molecular formula is C111H88F4N12O4. The maximum Gasteiger partial charge on any atom is 0.230 e. The average molecular weight is 1730 g/mol. The van der Waals surface area contributed by atoms with Crippen LogP contribution in [0, 0.1) is 23.3 Å². The standard InChI is InChI=1S/C30H22FN3O.C28H24FN3O.C27H22FN3O.C26H20FN3O/c31-26-15-13-24(14-16-26)28-20-32-30(27(33-28)17-11-21-6-2-1-3-7-21)34-29(35)19-22-10-12-23-8-4-5-9-25(23)18-22;29-24-17-15-23(16-18-24)26-20-30-28(25(31-26)19-14-22-10-5-2-6-11-22)32-27(33)13-7-12-21-8-3-1-4-9-21;28-23-15-13-22(14-16-23)25-19-29-27(24(30-25)17-11-20-7-3-1-4-8-20)31-26(32)18-12-21-9-5-2-6-10-21;27-22-14-12-21(13-15-22)24-18-28-26(30-25(31)17-20-9-5-2-6-10-20)23(29-24)16-11-19-7-3-1-4-8-19/h1-18,20H,19H2,(H,32,34,35);1-6,8-11,14-20H,7,12-13H2,(H,30,32,33);1-11,13-17,19H,12,18H2,(H,29,31,32);1-16,18H,17H2,(H,28,30,31)/b17-11+;19-14+;17-11+;16-11+. The van der Waals surface area contributed by atoms with Crippen LogP contribution in [-0.4, -0.2) is 63.5 Å². The van der Waals surface area contributed by atoms with Crippen LogP contribution in [-0.2, 0) is 44.9 Å². The zero-order valence-electron chi connectivity index (χ0n) is 71.1. The molecule has 131 heavy (non-hydrogen) atoms. The normalized spacial score (nSPS) is 11.0. The molecule has 0 aliphatic heterocycles. The summed E-state index contributed by atoms with van der Waals surface area (Å²) in [6.45, 7) is 0. The second-order valence-electron chi connectivity index (χ2n) is 30.0. The van der Waals surface area contributed by atoms with E-state index in [-0.39, 0.29) is 59.7 Å². The van der Waals surface area contributed by atoms with E-state index in [1.165, 1.54) is 54.1 Å². The van der Waals surface area contributed by atoms with Crippen LogP contribution in [0.5, 0.6) is 0 Å². The molecule has 0 atom stereocenters. The van der Waals surface area contributed by atoms with Gasteiger partial charge in [0.2, 0.25) is 23.6 Å². The molecular weight excluding hydrogens is 1640 g/mol. The summed E-state index contributed by atoms with van der Waals surface area (Å²) in [7, 11) is 0. The van der Waals surface area contributed by atoms with E-state index in [2.05, 4.69) is 68.3 Å². The Morgan fingerprint density at radius 2 is 0.511 bits per heavy atom. The fourth-order valence-corrected chi connectivity index (χ4v) is 13.5. The number of fused-ring (bicyclic) bond motifs is 1. The molecule has 0 saturated carbocycles. The third-order valence-electron chi connectivity index (χ3n) is 20.3. The lowest BCUT2D eigenvalue weighted by Crippen LogP contribution is -2.16. The molecule has 16 nitrogen and oxygen atoms in total. The summed E-state index contributed by atoms with van der Waals surface area (Å²) in [6, 6.07) is 107. The fraction of sp³-hybridized carbons (Fsp3) is 0.0631. The average Bonchev–Trinajstić information content (AvgIpc) is 0.835. The topological polar surface area (TPSA) is 220 Å². The van der Waals surface area contributed by atoms with E-state index in [1.54, 1.807) is 73.3 Å². The highest BCUT2D eigenvalue weighted by Gasteiger charge is 2.18. The number of aryl methyl sites for hydroxylation is 2. The van der Waals surface area contributed by atoms with Gasteiger partial charge in [0.25, 0.3) is 0 Å². The van der Waals surface area contributed by atoms with Crippen molar-refractivity contribution >= 4 is 106 Å². The molecule has 0 fully saturated rings. The number of aromatic nitrogens is 8. The second kappa shape index (κ2) is 46.8. The van der Waals surface area contributed by atoms with Crippen LogP contribution in [0.1, 0.15) is 86.5 Å². The third-order valence-corrected chi connectivity index (χ3v) is 20.3. The minimum absolute atomic E-state index is 0.107. The first-order valence-electron chi connectivity index (χ1n) is 42.4. The molecule has 0 spiro atoms. The highest BCUT2D eigenvalue weighted by molar-refractivity contribution is 5.97. The summed E-state index contributed by atoms with van der Waals surface area (Å²) in [6.07, 6.45) is 24.7. The van der Waals surface area contributed by atoms with E-state index in [9.17, 15) is 36.7 Å². The molecule has 4 heterocycles. The summed E-state index contributed by atoms with van der Waals surface area (Å²) in [4.78, 5) is 87.1. The predicted octanol–water partition coefficient (Wildman–Crippen LogP) is 24.9. The summed E-state index contributed by atoms with van der Waals surface area (Å²) < 4.78 is 53.3. The molecule has 0 bridgehead atoms. The molecule has 17 rings (SSSR count). The molecule has 0 aliphatic carbocycles. The van der Waals surface area contributed by atoms with Crippen LogP contribution >= 0.6 is 0 Å². The van der Waals surface area contributed by atoms with Crippen LogP contribution < -0.4 is 21.3 Å². The first-order valence-corrected chi connectivity index (χ1v) is 42.4. The van der Waals surface area contributed by atoms with E-state index in [0.717, 1.165) is 84.8 Å². The van der Waals surface area contributed by atoms with Gasteiger partial charge in [-0.1, -0.05) is 279 Å². The Morgan fingerprint density at radius 3 is 0.840 bits per heavy atom. The Hall–Kier alpha value is -17.0. The van der Waals surface area contributed by atoms with Crippen molar-refractivity contribution in [1.82, 2.24) is 39.9 Å². The van der Waals surface area contributed by atoms with Crippen molar-refractivity contribution in [3.05, 3.63) is 467 Å². The summed E-state index contributed by atoms with van der Waals surface area (Å²) in [5, 5.41) is 13.8. The lowest BCUT2D eigenvalue weighted by molar-refractivity contribution is -0.117. The first kappa shape index (κ1) is 90.3. The lowest BCUT2D eigenvalue weighted by Gasteiger charge is -2.10. The number of nitrogens with zero attached hydrogens (tertiary/aromatic N) is 8. The number of rotatable bonds is 27. The molecule has 644 valence electrons. The Labute approximate surface area is 756 Å². The van der Waals surface area contributed by atoms with Gasteiger partial charge in [0.15, 0.2) is 23.3 Å². The van der Waals surface area contributed by atoms with Gasteiger partial charge in [-0.25, -0.2) is 57.4 Å². The third kappa shape index (κ3) is 28.2. The number of carbonyl (C=O) groups excluding carboxylic acids is 4. The second-order valence-corrected chi connectivity index (χ2v) is 30.0. The van der Waals surface area contributed by atoms with Gasteiger partial charge in [0, 0.05) is 35.1 Å². The SMILES string of the molecule is O=C(CCCc1ccccc1)Nc1ncc(-c2ccc(F)cc2)nc1/C=C/c1ccccc1.O=C(CCc1ccccc1)Nc1ncc(-c2ccc(F)cc2)nc1/C=C/c1ccccc1.O=C(Cc1ccc2ccccc2c1)Nc1ncc(-c2ccc(F)cc2)nc1/C=C/c1ccccc1.O=C(Cc1ccccc1)Nc1ncc(-c2ccc(F)cc2)nc1/C=C/c1ccccc1. The first-order chi connectivity index (χ1) is 64.1. The van der Waals surface area contributed by atoms with Crippen molar-refractivity contribution in [3.8, 4) is 45.0 Å². The van der Waals surface area contributed by atoms with Crippen molar-refractivity contribution < 1.29 is 36.7 Å². The van der Waals surface area contributed by atoms with E-state index < -0.39 is 0 Å². The van der Waals surface area contributed by atoms with Crippen LogP contribution in [0.25, 0.3) is 104 Å². The number of anilines is 4. The van der Waals surface area contributed by atoms with E-state index in [0.29, 0.717) is 88.1 Å². The monoisotopic (exact) mass is 1730 g/mol. The number of amides is 4. The van der Waals surface area contributed by atoms with E-state index in [1.807, 2.05) is 291 Å². The number of carbonyl (C=O) groups is 4. The minimum Gasteiger partial charge on any atom is -0.309 e. The van der Waals surface area contributed by atoms with Gasteiger partial charge in [0.1, 0.15) is 46.0 Å². The summed E-state index contributed by atoms with van der Waals surface area (Å²) in [5.41, 5.74) is 15.6. The number of benzene rings is 13. The Morgan fingerprint density at radius 1 is 0.244 bits per heavy atom. The molecule has 4 aromatic heterocycles. The molecule has 0 saturated heterocycles. The number of hydrogen-bond acceptors (Lipinski definition) is 12. The molecule has 13 aromatic carbocycles. The minimum atomic E-state index is -0.316. The van der Waals surface area contributed by atoms with E-state index in [4.69, 9.17) is 4.98 Å². The molecule has 4 amide bonds. The van der Waals surface area contributed by atoms with Gasteiger partial charge in [-0.3, -0.25) is 19.2 Å². The summed E-state index contributed by atoms with van der Waals surface area (Å²) >= 11 is 0. The van der Waals surface area contributed by atoms with Crippen LogP contribution in [0.2, 0.25) is 0 Å². The van der Waals surface area contributed by atoms with Crippen molar-refractivity contribution in [2.45, 2.75) is 44.9 Å². The maximum absolute atomic E-state index is 13.4. The zero-order chi connectivity index (χ0) is 90.6. The molecule has 4 N–H and O–H groups in total. The number of hydrogen-bond donors (Lipinski definition) is 4. The largest absolute Gasteiger partial charge is 0.309 e. The van der Waals surface area contributed by atoms with Crippen LogP contribution in [0.4, 0.5) is 40.8 Å². The Bertz CT molecular complexity index is 6770. The molecule has 0 aliphatic rings. The molecule has 20 heteroatoms. The van der Waals surface area contributed by atoms with Gasteiger partial charge in [-0.2, -0.15) is 0 Å². The number of halogens is 4. The molecule has 17 aromatic rings. The lowest BCUT2D eigenvalue weighted by atomic mass is 10.0. The van der Waals surface area contributed by atoms with Crippen molar-refractivity contribution in [2.75, 3.05) is 21.3 Å². The maximum atomic E-state index is 13.4. The van der Waals surface area contributed by atoms with Gasteiger partial charge in [0.05, 0.1) is 60.4 Å². The van der Waals surface area contributed by atoms with Crippen molar-refractivity contribution in [2.24, 2.45) is 0 Å². The zero-order valence-corrected chi connectivity index (χ0v) is 71.1. The summed E-state index contributed by atoms with van der Waals surface area (Å²) in [5.74, 6) is -0.316.